The Bertz CT molecular complexity index is 3860. The highest BCUT2D eigenvalue weighted by molar-refractivity contribution is 6.12. The Morgan fingerprint density at radius 3 is 1.35 bits per heavy atom. The lowest BCUT2D eigenvalue weighted by Crippen LogP contribution is -2.02. The van der Waals surface area contributed by atoms with E-state index in [0.717, 1.165) is 116 Å². The first-order valence-corrected chi connectivity index (χ1v) is 22.3. The third-order valence-corrected chi connectivity index (χ3v) is 13.0. The van der Waals surface area contributed by atoms with Crippen LogP contribution in [0, 0.1) is 0 Å². The summed E-state index contributed by atoms with van der Waals surface area (Å²) >= 11 is 0. The third kappa shape index (κ3) is 6.15. The maximum absolute atomic E-state index is 6.73. The summed E-state index contributed by atoms with van der Waals surface area (Å²) in [6.07, 6.45) is 0. The number of fused-ring (bicyclic) bond motifs is 7. The zero-order valence-electron chi connectivity index (χ0n) is 35.7. The molecule has 0 unspecified atom stereocenters. The Morgan fingerprint density at radius 1 is 0.273 bits per heavy atom. The minimum Gasteiger partial charge on any atom is -0.455 e. The van der Waals surface area contributed by atoms with Gasteiger partial charge in [0.25, 0.3) is 0 Å². The summed E-state index contributed by atoms with van der Waals surface area (Å²) in [7, 11) is 0. The van der Waals surface area contributed by atoms with Crippen LogP contribution < -0.4 is 0 Å². The normalized spacial score (nSPS) is 11.6. The van der Waals surface area contributed by atoms with Gasteiger partial charge in [0.05, 0.1) is 11.4 Å². The van der Waals surface area contributed by atoms with Crippen LogP contribution in [0.3, 0.4) is 0 Å². The molecule has 0 saturated heterocycles. The summed E-state index contributed by atoms with van der Waals surface area (Å²) in [4.78, 5) is 11.4. The number of furan rings is 2. The predicted molar refractivity (Wildman–Crippen MR) is 272 cm³/mol. The monoisotopic (exact) mass is 842 g/mol. The summed E-state index contributed by atoms with van der Waals surface area (Å²) in [6, 6.07) is 81.0. The van der Waals surface area contributed by atoms with E-state index in [9.17, 15) is 0 Å². The second-order valence-electron chi connectivity index (χ2n) is 16.7. The quantitative estimate of drug-likeness (QED) is 0.160. The average Bonchev–Trinajstić information content (AvgIpc) is 3.97. The topological polar surface area (TPSA) is 52.1 Å². The summed E-state index contributed by atoms with van der Waals surface area (Å²) in [5, 5.41) is 6.52. The van der Waals surface area contributed by atoms with Crippen LogP contribution in [0.1, 0.15) is 0 Å². The lowest BCUT2D eigenvalue weighted by atomic mass is 9.82. The molecule has 0 bridgehead atoms. The number of aromatic nitrogens is 2. The molecular weight excluding hydrogens is 805 g/mol. The van der Waals surface area contributed by atoms with Gasteiger partial charge in [0.1, 0.15) is 22.3 Å². The van der Waals surface area contributed by atoms with Crippen molar-refractivity contribution in [3.63, 3.8) is 0 Å². The first-order valence-electron chi connectivity index (χ1n) is 22.3. The second-order valence-corrected chi connectivity index (χ2v) is 16.7. The van der Waals surface area contributed by atoms with Crippen molar-refractivity contribution in [2.24, 2.45) is 0 Å². The Kier molecular flexibility index (Phi) is 8.81. The van der Waals surface area contributed by atoms with Gasteiger partial charge in [-0.05, 0) is 80.0 Å². The lowest BCUT2D eigenvalue weighted by molar-refractivity contribution is 0.669. The van der Waals surface area contributed by atoms with Crippen molar-refractivity contribution in [2.75, 3.05) is 0 Å². The van der Waals surface area contributed by atoms with Crippen LogP contribution in [0.5, 0.6) is 0 Å². The van der Waals surface area contributed by atoms with Gasteiger partial charge in [0, 0.05) is 43.8 Å². The van der Waals surface area contributed by atoms with E-state index >= 15 is 0 Å². The summed E-state index contributed by atoms with van der Waals surface area (Å²) in [5.74, 6) is 0.586. The van der Waals surface area contributed by atoms with Gasteiger partial charge < -0.3 is 8.83 Å². The van der Waals surface area contributed by atoms with E-state index in [4.69, 9.17) is 18.8 Å². The number of benzene rings is 10. The molecule has 0 saturated carbocycles. The maximum atomic E-state index is 6.73. The van der Waals surface area contributed by atoms with Gasteiger partial charge in [0.2, 0.25) is 0 Å². The second kappa shape index (κ2) is 15.4. The molecule has 0 aliphatic carbocycles. The third-order valence-electron chi connectivity index (χ3n) is 13.0. The molecule has 0 fully saturated rings. The Morgan fingerprint density at radius 2 is 0.712 bits per heavy atom. The van der Waals surface area contributed by atoms with E-state index in [1.54, 1.807) is 0 Å². The minimum atomic E-state index is 0.586. The van der Waals surface area contributed by atoms with Crippen molar-refractivity contribution in [3.05, 3.63) is 231 Å². The molecule has 0 spiro atoms. The van der Waals surface area contributed by atoms with Gasteiger partial charge in [0.15, 0.2) is 5.82 Å². The molecule has 3 heterocycles. The van der Waals surface area contributed by atoms with Crippen LogP contribution in [-0.4, -0.2) is 9.97 Å². The molecule has 3 aromatic heterocycles. The Hall–Kier alpha value is -8.86. The van der Waals surface area contributed by atoms with E-state index in [1.165, 1.54) is 10.8 Å². The molecule has 0 radical (unpaired) electrons. The van der Waals surface area contributed by atoms with Crippen LogP contribution in [0.4, 0.5) is 0 Å². The van der Waals surface area contributed by atoms with Gasteiger partial charge in [-0.2, -0.15) is 0 Å². The van der Waals surface area contributed by atoms with E-state index in [0.29, 0.717) is 5.82 Å². The molecule has 308 valence electrons. The van der Waals surface area contributed by atoms with Crippen molar-refractivity contribution in [1.82, 2.24) is 9.97 Å². The molecule has 0 aliphatic heterocycles. The number of rotatable bonds is 7. The number of hydrogen-bond acceptors (Lipinski definition) is 4. The van der Waals surface area contributed by atoms with E-state index in [-0.39, 0.29) is 0 Å². The molecule has 0 aliphatic rings. The van der Waals surface area contributed by atoms with Gasteiger partial charge in [-0.25, -0.2) is 9.97 Å². The Labute approximate surface area is 380 Å². The van der Waals surface area contributed by atoms with Crippen LogP contribution in [0.25, 0.3) is 133 Å². The van der Waals surface area contributed by atoms with Crippen LogP contribution >= 0.6 is 0 Å². The minimum absolute atomic E-state index is 0.586. The highest BCUT2D eigenvalue weighted by Gasteiger charge is 2.26. The number of para-hydroxylation sites is 4. The molecule has 0 atom stereocenters. The lowest BCUT2D eigenvalue weighted by Gasteiger charge is -2.23. The molecule has 13 rings (SSSR count). The molecular formula is C62H38N2O2. The van der Waals surface area contributed by atoms with Gasteiger partial charge in [-0.1, -0.05) is 200 Å². The van der Waals surface area contributed by atoms with Crippen molar-refractivity contribution in [2.45, 2.75) is 0 Å². The standard InChI is InChI=1S/C62H38N2O2/c1-3-18-39(19-4-1)43-25-9-10-28-48(43)58-49(45-29-15-23-40-22-7-8-24-42(40)45)37-36-44(41-20-5-2-6-21-41)59(58)62-63-54(52-32-16-30-50-46-26-11-13-34-56(46)65-60(50)52)38-55(64-62)53-33-17-31-51-47-27-12-14-35-57(47)66-61(51)53/h1-38H. The average molecular weight is 843 g/mol. The molecule has 13 aromatic rings. The molecule has 0 amide bonds. The van der Waals surface area contributed by atoms with Gasteiger partial charge in [-0.15, -0.1) is 0 Å². The Balaban J connectivity index is 1.20. The fraction of sp³-hybridized carbons (Fsp3) is 0. The first kappa shape index (κ1) is 37.7. The highest BCUT2D eigenvalue weighted by Crippen LogP contribution is 2.50. The molecule has 10 aromatic carbocycles. The number of hydrogen-bond donors (Lipinski definition) is 0. The number of nitrogens with zero attached hydrogens (tertiary/aromatic N) is 2. The highest BCUT2D eigenvalue weighted by atomic mass is 16.3. The summed E-state index contributed by atoms with van der Waals surface area (Å²) in [5.41, 5.74) is 16.0. The summed E-state index contributed by atoms with van der Waals surface area (Å²) < 4.78 is 13.5. The first-order chi connectivity index (χ1) is 32.7. The molecule has 4 heteroatoms. The predicted octanol–water partition coefficient (Wildman–Crippen LogP) is 17.1. The maximum Gasteiger partial charge on any atom is 0.161 e. The molecule has 66 heavy (non-hydrogen) atoms. The smallest absolute Gasteiger partial charge is 0.161 e. The van der Waals surface area contributed by atoms with Crippen molar-refractivity contribution < 1.29 is 8.83 Å². The van der Waals surface area contributed by atoms with Gasteiger partial charge >= 0.3 is 0 Å². The van der Waals surface area contributed by atoms with Crippen molar-refractivity contribution in [1.29, 1.82) is 0 Å². The van der Waals surface area contributed by atoms with Crippen molar-refractivity contribution in [3.8, 4) is 78.4 Å². The van der Waals surface area contributed by atoms with Crippen LogP contribution in [0.2, 0.25) is 0 Å². The van der Waals surface area contributed by atoms with E-state index < -0.39 is 0 Å². The molecule has 0 N–H and O–H groups in total. The van der Waals surface area contributed by atoms with Crippen LogP contribution in [-0.2, 0) is 0 Å². The van der Waals surface area contributed by atoms with Gasteiger partial charge in [-0.3, -0.25) is 0 Å². The van der Waals surface area contributed by atoms with E-state index in [1.807, 2.05) is 24.3 Å². The fourth-order valence-corrected chi connectivity index (χ4v) is 9.96. The van der Waals surface area contributed by atoms with Crippen molar-refractivity contribution >= 4 is 54.6 Å². The summed E-state index contributed by atoms with van der Waals surface area (Å²) in [6.45, 7) is 0. The molecule has 4 nitrogen and oxygen atoms in total. The zero-order chi connectivity index (χ0) is 43.6. The van der Waals surface area contributed by atoms with E-state index in [2.05, 4.69) is 206 Å². The fourth-order valence-electron chi connectivity index (χ4n) is 9.96. The van der Waals surface area contributed by atoms with Crippen LogP contribution in [0.15, 0.2) is 239 Å². The SMILES string of the molecule is c1ccc(-c2ccccc2-c2c(-c3cccc4ccccc34)ccc(-c3ccccc3)c2-c2nc(-c3cccc4c3oc3ccccc34)cc(-c3cccc4c3oc3ccccc34)n2)cc1. The largest absolute Gasteiger partial charge is 0.455 e. The zero-order valence-corrected chi connectivity index (χ0v) is 35.7.